The van der Waals surface area contributed by atoms with Crippen molar-refractivity contribution >= 4 is 28.4 Å². The molecule has 3 N–H and O–H groups in total. The van der Waals surface area contributed by atoms with E-state index < -0.39 is 0 Å². The minimum Gasteiger partial charge on any atom is -1.00 e. The number of rotatable bonds is 2. The number of hydrogen-bond donors (Lipinski definition) is 2. The van der Waals surface area contributed by atoms with Crippen LogP contribution in [0.3, 0.4) is 0 Å². The molecule has 3 aromatic rings. The van der Waals surface area contributed by atoms with Gasteiger partial charge in [0.25, 0.3) is 0 Å². The van der Waals surface area contributed by atoms with E-state index in [1.807, 2.05) is 31.2 Å². The van der Waals surface area contributed by atoms with Crippen molar-refractivity contribution in [3.63, 3.8) is 0 Å². The van der Waals surface area contributed by atoms with Gasteiger partial charge in [-0.3, -0.25) is 0 Å². The van der Waals surface area contributed by atoms with E-state index in [-0.39, 0.29) is 12.4 Å². The van der Waals surface area contributed by atoms with Crippen molar-refractivity contribution in [2.24, 2.45) is 0 Å². The molecule has 21 heavy (non-hydrogen) atoms. The molecule has 108 valence electrons. The van der Waals surface area contributed by atoms with Crippen molar-refractivity contribution in [1.82, 2.24) is 9.97 Å². The van der Waals surface area contributed by atoms with Crippen LogP contribution in [-0.2, 0) is 0 Å². The first kappa shape index (κ1) is 15.1. The number of aryl methyl sites for hydroxylation is 2. The van der Waals surface area contributed by atoms with E-state index >= 15 is 0 Å². The van der Waals surface area contributed by atoms with Crippen molar-refractivity contribution in [3.8, 4) is 0 Å². The zero-order valence-corrected chi connectivity index (χ0v) is 12.6. The molecule has 0 bridgehead atoms. The summed E-state index contributed by atoms with van der Waals surface area (Å²) < 4.78 is 0. The maximum absolute atomic E-state index is 5.99. The Labute approximate surface area is 129 Å². The minimum atomic E-state index is 0. The number of nitrogen functional groups attached to an aromatic ring is 1. The summed E-state index contributed by atoms with van der Waals surface area (Å²) in [6.45, 7) is 4.10. The van der Waals surface area contributed by atoms with Crippen LogP contribution in [-0.4, -0.2) is 9.97 Å². The third kappa shape index (κ3) is 3.06. The Morgan fingerprint density at radius 1 is 1.00 bits per heavy atom. The highest BCUT2D eigenvalue weighted by molar-refractivity contribution is 5.89. The molecule has 0 radical (unpaired) electrons. The summed E-state index contributed by atoms with van der Waals surface area (Å²) in [4.78, 5) is 8.82. The molecule has 1 heterocycles. The van der Waals surface area contributed by atoms with Crippen LogP contribution in [0, 0.1) is 13.8 Å². The van der Waals surface area contributed by atoms with Crippen molar-refractivity contribution in [3.05, 3.63) is 53.6 Å². The lowest BCUT2D eigenvalue weighted by Gasteiger charge is -2.10. The van der Waals surface area contributed by atoms with Crippen LogP contribution in [0.2, 0.25) is 0 Å². The molecule has 3 rings (SSSR count). The van der Waals surface area contributed by atoms with Gasteiger partial charge in [0.05, 0.1) is 5.52 Å². The third-order valence-corrected chi connectivity index (χ3v) is 3.27. The number of halogens is 1. The lowest BCUT2D eigenvalue weighted by atomic mass is 10.1. The van der Waals surface area contributed by atoms with Crippen molar-refractivity contribution in [2.75, 3.05) is 11.1 Å². The van der Waals surface area contributed by atoms with Crippen molar-refractivity contribution in [1.29, 1.82) is 0 Å². The Hall–Kier alpha value is -2.33. The monoisotopic (exact) mass is 299 g/mol. The molecule has 0 saturated carbocycles. The van der Waals surface area contributed by atoms with Gasteiger partial charge in [-0.1, -0.05) is 24.3 Å². The van der Waals surface area contributed by atoms with Crippen LogP contribution in [0.4, 0.5) is 17.5 Å². The van der Waals surface area contributed by atoms with E-state index in [0.29, 0.717) is 11.8 Å². The molecule has 0 atom stereocenters. The van der Waals surface area contributed by atoms with E-state index in [4.69, 9.17) is 5.73 Å². The largest absolute Gasteiger partial charge is 1.00 e. The molecular weight excluding hydrogens is 284 g/mol. The molecule has 0 amide bonds. The first-order valence-corrected chi connectivity index (χ1v) is 6.50. The molecular formula is C16H16ClN4-. The number of benzene rings is 2. The molecule has 0 saturated heterocycles. The zero-order chi connectivity index (χ0) is 14.1. The fraction of sp³-hybridized carbons (Fsp3) is 0.125. The van der Waals surface area contributed by atoms with E-state index in [9.17, 15) is 0 Å². The Bertz CT molecular complexity index is 786. The summed E-state index contributed by atoms with van der Waals surface area (Å²) in [5.41, 5.74) is 10.2. The molecule has 0 fully saturated rings. The van der Waals surface area contributed by atoms with Crippen molar-refractivity contribution < 1.29 is 12.4 Å². The van der Waals surface area contributed by atoms with Gasteiger partial charge in [0.2, 0.25) is 5.95 Å². The van der Waals surface area contributed by atoms with Crippen LogP contribution in [0.1, 0.15) is 11.1 Å². The van der Waals surface area contributed by atoms with Crippen LogP contribution >= 0.6 is 0 Å². The molecule has 0 spiro atoms. The van der Waals surface area contributed by atoms with Gasteiger partial charge in [-0.05, 0) is 43.2 Å². The standard InChI is InChI=1S/C16H16N4.ClH/c1-10-7-8-11(2)14(9-10)19-16-18-13-6-4-3-5-12(13)15(17)20-16;/h3-9H,1-2H3,(H3,17,18,19,20);1H/p-1. The van der Waals surface area contributed by atoms with Gasteiger partial charge in [-0.15, -0.1) is 0 Å². The number of hydrogen-bond acceptors (Lipinski definition) is 4. The maximum Gasteiger partial charge on any atom is 0.229 e. The predicted octanol–water partition coefficient (Wildman–Crippen LogP) is 0.576. The number of nitrogens with zero attached hydrogens (tertiary/aromatic N) is 2. The molecule has 1 aromatic heterocycles. The summed E-state index contributed by atoms with van der Waals surface area (Å²) in [6, 6.07) is 14.0. The van der Waals surface area contributed by atoms with Gasteiger partial charge in [-0.2, -0.15) is 4.98 Å². The third-order valence-electron chi connectivity index (χ3n) is 3.27. The van der Waals surface area contributed by atoms with Gasteiger partial charge >= 0.3 is 0 Å². The number of para-hydroxylation sites is 1. The molecule has 5 heteroatoms. The summed E-state index contributed by atoms with van der Waals surface area (Å²) in [6.07, 6.45) is 0. The Balaban J connectivity index is 0.00000161. The van der Waals surface area contributed by atoms with Gasteiger partial charge in [-0.25, -0.2) is 4.98 Å². The summed E-state index contributed by atoms with van der Waals surface area (Å²) in [5.74, 6) is 1.01. The summed E-state index contributed by atoms with van der Waals surface area (Å²) in [7, 11) is 0. The highest BCUT2D eigenvalue weighted by atomic mass is 35.5. The van der Waals surface area contributed by atoms with Gasteiger partial charge in [0.15, 0.2) is 0 Å². The molecule has 2 aromatic carbocycles. The second kappa shape index (κ2) is 5.97. The quantitative estimate of drug-likeness (QED) is 0.726. The van der Waals surface area contributed by atoms with Gasteiger partial charge in [0.1, 0.15) is 5.82 Å². The maximum atomic E-state index is 5.99. The minimum absolute atomic E-state index is 0. The van der Waals surface area contributed by atoms with E-state index in [1.54, 1.807) is 0 Å². The van der Waals surface area contributed by atoms with Crippen LogP contribution < -0.4 is 23.5 Å². The average Bonchev–Trinajstić information content (AvgIpc) is 2.43. The second-order valence-corrected chi connectivity index (χ2v) is 4.89. The Kier molecular flexibility index (Phi) is 4.29. The number of nitrogens with one attached hydrogen (secondary N) is 1. The predicted molar refractivity (Wildman–Crippen MR) is 83.1 cm³/mol. The lowest BCUT2D eigenvalue weighted by Crippen LogP contribution is -3.00. The molecule has 0 aliphatic carbocycles. The van der Waals surface area contributed by atoms with Crippen LogP contribution in [0.15, 0.2) is 42.5 Å². The Morgan fingerprint density at radius 3 is 2.57 bits per heavy atom. The molecule has 4 nitrogen and oxygen atoms in total. The number of nitrogens with two attached hydrogens (primary N) is 1. The summed E-state index contributed by atoms with van der Waals surface area (Å²) in [5, 5.41) is 4.12. The SMILES string of the molecule is Cc1ccc(C)c(Nc2nc(N)c3ccccc3n2)c1.[Cl-]. The number of anilines is 3. The topological polar surface area (TPSA) is 63.8 Å². The molecule has 0 aliphatic heterocycles. The van der Waals surface area contributed by atoms with E-state index in [0.717, 1.165) is 22.2 Å². The lowest BCUT2D eigenvalue weighted by molar-refractivity contribution is -0.00000433. The first-order chi connectivity index (χ1) is 9.63. The van der Waals surface area contributed by atoms with Crippen LogP contribution in [0.25, 0.3) is 10.9 Å². The summed E-state index contributed by atoms with van der Waals surface area (Å²) >= 11 is 0. The van der Waals surface area contributed by atoms with E-state index in [1.165, 1.54) is 5.56 Å². The average molecular weight is 300 g/mol. The number of fused-ring (bicyclic) bond motifs is 1. The number of aromatic nitrogens is 2. The molecule has 0 aliphatic rings. The van der Waals surface area contributed by atoms with Gasteiger partial charge < -0.3 is 23.5 Å². The zero-order valence-electron chi connectivity index (χ0n) is 11.9. The van der Waals surface area contributed by atoms with Gasteiger partial charge in [0, 0.05) is 11.1 Å². The van der Waals surface area contributed by atoms with Crippen LogP contribution in [0.5, 0.6) is 0 Å². The fourth-order valence-electron chi connectivity index (χ4n) is 2.15. The fourth-order valence-corrected chi connectivity index (χ4v) is 2.15. The Morgan fingerprint density at radius 2 is 1.76 bits per heavy atom. The first-order valence-electron chi connectivity index (χ1n) is 6.50. The second-order valence-electron chi connectivity index (χ2n) is 4.89. The highest BCUT2D eigenvalue weighted by Gasteiger charge is 2.06. The van der Waals surface area contributed by atoms with Crippen molar-refractivity contribution in [2.45, 2.75) is 13.8 Å². The highest BCUT2D eigenvalue weighted by Crippen LogP contribution is 2.23. The molecule has 0 unspecified atom stereocenters. The normalized spacial score (nSPS) is 10.2. The van der Waals surface area contributed by atoms with E-state index in [2.05, 4.69) is 40.4 Å². The smallest absolute Gasteiger partial charge is 0.229 e.